The second-order valence-corrected chi connectivity index (χ2v) is 5.27. The fourth-order valence-corrected chi connectivity index (χ4v) is 2.08. The van der Waals surface area contributed by atoms with Crippen LogP contribution < -0.4 is 5.32 Å². The Morgan fingerprint density at radius 1 is 1.35 bits per heavy atom. The number of alkyl halides is 3. The summed E-state index contributed by atoms with van der Waals surface area (Å²) in [6, 6.07) is 0. The summed E-state index contributed by atoms with van der Waals surface area (Å²) in [5.41, 5.74) is 0. The lowest BCUT2D eigenvalue weighted by Gasteiger charge is -2.34. The van der Waals surface area contributed by atoms with Crippen molar-refractivity contribution < 1.29 is 13.2 Å². The Kier molecular flexibility index (Phi) is 5.04. The minimum Gasteiger partial charge on any atom is -0.362 e. The van der Waals surface area contributed by atoms with Crippen LogP contribution in [0.25, 0.3) is 0 Å². The summed E-state index contributed by atoms with van der Waals surface area (Å²) < 4.78 is 37.4. The number of hydrogen-bond donors (Lipinski definition) is 1. The van der Waals surface area contributed by atoms with E-state index in [0.29, 0.717) is 24.1 Å². The number of rotatable bonds is 2. The van der Waals surface area contributed by atoms with Gasteiger partial charge in [0, 0.05) is 19.6 Å². The number of hydrogen-bond acceptors (Lipinski definition) is 1. The van der Waals surface area contributed by atoms with Crippen LogP contribution in [-0.4, -0.2) is 35.8 Å². The van der Waals surface area contributed by atoms with E-state index in [0.717, 1.165) is 6.54 Å². The van der Waals surface area contributed by atoms with Gasteiger partial charge in [0.1, 0.15) is 0 Å². The van der Waals surface area contributed by atoms with Gasteiger partial charge in [0.25, 0.3) is 0 Å². The lowest BCUT2D eigenvalue weighted by molar-refractivity contribution is -0.183. The molecule has 0 saturated carbocycles. The van der Waals surface area contributed by atoms with Gasteiger partial charge in [0.05, 0.1) is 5.92 Å². The first-order valence-corrected chi connectivity index (χ1v) is 6.31. The summed E-state index contributed by atoms with van der Waals surface area (Å²) in [6.07, 6.45) is -3.76. The van der Waals surface area contributed by atoms with Crippen LogP contribution in [-0.2, 0) is 0 Å². The Balaban J connectivity index is 2.34. The molecule has 0 bridgehead atoms. The number of thiocarbonyl (C=S) groups is 1. The zero-order valence-corrected chi connectivity index (χ0v) is 11.0. The summed E-state index contributed by atoms with van der Waals surface area (Å²) in [7, 11) is 0. The molecule has 0 radical (unpaired) electrons. The van der Waals surface area contributed by atoms with Crippen molar-refractivity contribution in [1.29, 1.82) is 0 Å². The second kappa shape index (κ2) is 5.89. The molecule has 1 saturated heterocycles. The zero-order valence-electron chi connectivity index (χ0n) is 10.2. The molecule has 0 amide bonds. The summed E-state index contributed by atoms with van der Waals surface area (Å²) in [5, 5.41) is 3.66. The smallest absolute Gasteiger partial charge is 0.362 e. The number of halogens is 3. The zero-order chi connectivity index (χ0) is 13.1. The molecule has 0 spiro atoms. The standard InChI is InChI=1S/C11H19F3N2S/c1-8(2)7-15-10(17)16-5-3-9(4-6-16)11(12,13)14/h8-9H,3-7H2,1-2H3,(H,15,17). The first-order chi connectivity index (χ1) is 7.80. The summed E-state index contributed by atoms with van der Waals surface area (Å²) >= 11 is 5.16. The molecule has 100 valence electrons. The Labute approximate surface area is 106 Å². The number of nitrogens with one attached hydrogen (secondary N) is 1. The van der Waals surface area contributed by atoms with E-state index in [1.165, 1.54) is 0 Å². The average molecular weight is 268 g/mol. The van der Waals surface area contributed by atoms with Gasteiger partial charge in [0.15, 0.2) is 5.11 Å². The van der Waals surface area contributed by atoms with Crippen molar-refractivity contribution in [3.05, 3.63) is 0 Å². The molecule has 1 fully saturated rings. The molecule has 0 unspecified atom stereocenters. The van der Waals surface area contributed by atoms with Crippen LogP contribution in [0.2, 0.25) is 0 Å². The van der Waals surface area contributed by atoms with Gasteiger partial charge in [0.2, 0.25) is 0 Å². The number of nitrogens with zero attached hydrogens (tertiary/aromatic N) is 1. The predicted octanol–water partition coefficient (Wildman–Crippen LogP) is 2.79. The van der Waals surface area contributed by atoms with Crippen molar-refractivity contribution in [2.24, 2.45) is 11.8 Å². The quantitative estimate of drug-likeness (QED) is 0.775. The molecule has 17 heavy (non-hydrogen) atoms. The van der Waals surface area contributed by atoms with Crippen molar-refractivity contribution in [2.75, 3.05) is 19.6 Å². The third-order valence-corrected chi connectivity index (χ3v) is 3.31. The SMILES string of the molecule is CC(C)CNC(=S)N1CCC(C(F)(F)F)CC1. The second-order valence-electron chi connectivity index (χ2n) is 4.88. The van der Waals surface area contributed by atoms with Gasteiger partial charge in [-0.2, -0.15) is 13.2 Å². The highest BCUT2D eigenvalue weighted by Gasteiger charge is 2.41. The first-order valence-electron chi connectivity index (χ1n) is 5.90. The van der Waals surface area contributed by atoms with Crippen molar-refractivity contribution >= 4 is 17.3 Å². The Hall–Kier alpha value is -0.520. The van der Waals surface area contributed by atoms with Crippen LogP contribution in [0.5, 0.6) is 0 Å². The molecule has 0 aromatic carbocycles. The highest BCUT2D eigenvalue weighted by Crippen LogP contribution is 2.33. The fourth-order valence-electron chi connectivity index (χ4n) is 1.81. The van der Waals surface area contributed by atoms with E-state index in [9.17, 15) is 13.2 Å². The third-order valence-electron chi connectivity index (χ3n) is 2.91. The van der Waals surface area contributed by atoms with Gasteiger partial charge >= 0.3 is 6.18 Å². The van der Waals surface area contributed by atoms with Crippen molar-refractivity contribution in [2.45, 2.75) is 32.9 Å². The van der Waals surface area contributed by atoms with Gasteiger partial charge in [-0.15, -0.1) is 0 Å². The molecule has 0 aromatic heterocycles. The largest absolute Gasteiger partial charge is 0.391 e. The molecule has 1 N–H and O–H groups in total. The topological polar surface area (TPSA) is 15.3 Å². The molecule has 2 nitrogen and oxygen atoms in total. The van der Waals surface area contributed by atoms with Gasteiger partial charge in [-0.05, 0) is 31.0 Å². The van der Waals surface area contributed by atoms with Crippen LogP contribution in [0, 0.1) is 11.8 Å². The molecule has 1 aliphatic heterocycles. The minimum atomic E-state index is -4.06. The summed E-state index contributed by atoms with van der Waals surface area (Å²) in [6.45, 7) is 5.68. The van der Waals surface area contributed by atoms with E-state index >= 15 is 0 Å². The van der Waals surface area contributed by atoms with E-state index in [2.05, 4.69) is 19.2 Å². The summed E-state index contributed by atoms with van der Waals surface area (Å²) in [5.74, 6) is -0.688. The van der Waals surface area contributed by atoms with Crippen molar-refractivity contribution in [1.82, 2.24) is 10.2 Å². The molecular formula is C11H19F3N2S. The molecule has 1 heterocycles. The van der Waals surface area contributed by atoms with Crippen LogP contribution >= 0.6 is 12.2 Å². The molecule has 0 atom stereocenters. The minimum absolute atomic E-state index is 0.146. The molecule has 1 aliphatic rings. The monoisotopic (exact) mass is 268 g/mol. The Morgan fingerprint density at radius 2 is 1.88 bits per heavy atom. The normalized spacial score (nSPS) is 18.6. The Bertz CT molecular complexity index is 258. The van der Waals surface area contributed by atoms with Crippen LogP contribution in [0.1, 0.15) is 26.7 Å². The number of piperidine rings is 1. The maximum Gasteiger partial charge on any atom is 0.391 e. The van der Waals surface area contributed by atoms with E-state index < -0.39 is 12.1 Å². The molecular weight excluding hydrogens is 249 g/mol. The Morgan fingerprint density at radius 3 is 2.29 bits per heavy atom. The maximum atomic E-state index is 12.5. The van der Waals surface area contributed by atoms with E-state index in [1.807, 2.05) is 4.90 Å². The van der Waals surface area contributed by atoms with E-state index in [4.69, 9.17) is 12.2 Å². The molecule has 6 heteroatoms. The van der Waals surface area contributed by atoms with Gasteiger partial charge in [-0.3, -0.25) is 0 Å². The lowest BCUT2D eigenvalue weighted by Crippen LogP contribution is -2.47. The van der Waals surface area contributed by atoms with E-state index in [1.54, 1.807) is 0 Å². The summed E-state index contributed by atoms with van der Waals surface area (Å²) in [4.78, 5) is 1.83. The molecule has 0 aromatic rings. The maximum absolute atomic E-state index is 12.5. The van der Waals surface area contributed by atoms with Crippen LogP contribution in [0.4, 0.5) is 13.2 Å². The van der Waals surface area contributed by atoms with Crippen molar-refractivity contribution in [3.8, 4) is 0 Å². The van der Waals surface area contributed by atoms with E-state index in [-0.39, 0.29) is 12.8 Å². The highest BCUT2D eigenvalue weighted by atomic mass is 32.1. The van der Waals surface area contributed by atoms with Crippen LogP contribution in [0.3, 0.4) is 0 Å². The lowest BCUT2D eigenvalue weighted by atomic mass is 9.97. The average Bonchev–Trinajstić information content (AvgIpc) is 2.25. The fraction of sp³-hybridized carbons (Fsp3) is 0.909. The van der Waals surface area contributed by atoms with Gasteiger partial charge < -0.3 is 10.2 Å². The van der Waals surface area contributed by atoms with Gasteiger partial charge in [-0.25, -0.2) is 0 Å². The highest BCUT2D eigenvalue weighted by molar-refractivity contribution is 7.80. The molecule has 1 rings (SSSR count). The van der Waals surface area contributed by atoms with Crippen LogP contribution in [0.15, 0.2) is 0 Å². The number of likely N-dealkylation sites (tertiary alicyclic amines) is 1. The van der Waals surface area contributed by atoms with Gasteiger partial charge in [-0.1, -0.05) is 13.8 Å². The van der Waals surface area contributed by atoms with Crippen molar-refractivity contribution in [3.63, 3.8) is 0 Å². The first kappa shape index (κ1) is 14.5. The third kappa shape index (κ3) is 4.69. The predicted molar refractivity (Wildman–Crippen MR) is 65.8 cm³/mol. The molecule has 0 aliphatic carbocycles.